The Bertz CT molecular complexity index is 6550. The van der Waals surface area contributed by atoms with Crippen molar-refractivity contribution in [2.45, 2.75) is 244 Å². The van der Waals surface area contributed by atoms with Crippen molar-refractivity contribution in [3.8, 4) is 23.0 Å². The Morgan fingerprint density at radius 1 is 0.286 bits per heavy atom. The molecule has 0 N–H and O–H groups in total. The number of rotatable bonds is 28. The second-order valence-corrected chi connectivity index (χ2v) is 49.6. The van der Waals surface area contributed by atoms with Crippen LogP contribution in [0.1, 0.15) is 95.9 Å². The van der Waals surface area contributed by atoms with Crippen LogP contribution in [0.15, 0.2) is 350 Å². The second-order valence-electron chi connectivity index (χ2n) is 39.7. The first-order valence-electron chi connectivity index (χ1n) is 50.2. The molecule has 13 aliphatic rings. The van der Waals surface area contributed by atoms with E-state index in [-0.39, 0.29) is 166 Å². The highest BCUT2D eigenvalue weighted by Gasteiger charge is 2.69. The predicted octanol–water partition coefficient (Wildman–Crippen LogP) is 19.7. The van der Waals surface area contributed by atoms with Crippen LogP contribution in [0.4, 0.5) is 0 Å². The topological polar surface area (TPSA) is 283 Å². The number of esters is 7. The maximum absolute atomic E-state index is 12.9. The number of carbonyl (C=O) groups is 7. The SMILES string of the molecule is Cc1cc([S+](c2ccccc2)c2ccccc2)cc(C)c1OCC(=O)OC1C2CC3C(=O)OC1C3C2.Cc1cc([S+](c2ccccc2)c2ccccc2)cc(C)c1OCC(=O)OC1C2CC3C(=O)OC1C3O2.Cc1cc([S+](c2ccccc2)c2ccccc2)cc(C)c1OCC(=O)OC1C2CC3C(O2)C1OS3(=O)=O.Cc1cc([S+](c2ccccc2)c2ccccc2)cc(C)c1OCC(=O)OC1C2CC3CC(C2)C(=O)OC1C3. The minimum atomic E-state index is -3.66. The van der Waals surface area contributed by atoms with Gasteiger partial charge >= 0.3 is 41.8 Å². The van der Waals surface area contributed by atoms with E-state index in [2.05, 4.69) is 243 Å². The van der Waals surface area contributed by atoms with Gasteiger partial charge in [-0.3, -0.25) is 18.6 Å². The van der Waals surface area contributed by atoms with Crippen LogP contribution in [-0.4, -0.2) is 155 Å². The van der Waals surface area contributed by atoms with Crippen molar-refractivity contribution in [2.24, 2.45) is 41.4 Å². The summed E-state index contributed by atoms with van der Waals surface area (Å²) in [6, 6.07) is 101. The number of hydrogen-bond acceptors (Lipinski definition) is 23. The van der Waals surface area contributed by atoms with Gasteiger partial charge in [0.1, 0.15) is 71.0 Å². The summed E-state index contributed by atoms with van der Waals surface area (Å²) in [7, 11) is -4.73. The molecule has 25 rings (SSSR count). The normalized spacial score (nSPS) is 26.0. The van der Waals surface area contributed by atoms with Gasteiger partial charge in [0.25, 0.3) is 10.1 Å². The Morgan fingerprint density at radius 3 is 0.952 bits per heavy atom. The largest absolute Gasteiger partial charge is 0.481 e. The summed E-state index contributed by atoms with van der Waals surface area (Å²) < 4.78 is 104. The smallest absolute Gasteiger partial charge is 0.344 e. The first-order valence-corrected chi connectivity index (χ1v) is 56.6. The van der Waals surface area contributed by atoms with Gasteiger partial charge in [0, 0.05) is 66.3 Å². The van der Waals surface area contributed by atoms with Gasteiger partial charge in [0.15, 0.2) is 103 Å². The van der Waals surface area contributed by atoms with Crippen molar-refractivity contribution in [2.75, 3.05) is 26.4 Å². The van der Waals surface area contributed by atoms with Crippen LogP contribution in [0.25, 0.3) is 0 Å². The zero-order valence-corrected chi connectivity index (χ0v) is 86.8. The number of ether oxygens (including phenoxy) is 13. The van der Waals surface area contributed by atoms with Crippen LogP contribution in [0.3, 0.4) is 0 Å². The van der Waals surface area contributed by atoms with Crippen molar-refractivity contribution in [1.29, 1.82) is 0 Å². The van der Waals surface area contributed by atoms with Crippen LogP contribution in [0, 0.1) is 96.8 Å². The molecule has 0 amide bonds. The van der Waals surface area contributed by atoms with Gasteiger partial charge in [-0.2, -0.15) is 8.42 Å². The summed E-state index contributed by atoms with van der Waals surface area (Å²) >= 11 is 0. The molecule has 13 fully saturated rings. The summed E-state index contributed by atoms with van der Waals surface area (Å²) in [5, 5.41) is -0.658. The Labute approximate surface area is 867 Å². The molecule has 9 saturated heterocycles. The molecule has 147 heavy (non-hydrogen) atoms. The average Bonchev–Trinajstić information content (AvgIpc) is 1.56. The molecule has 9 heterocycles. The molecule has 28 heteroatoms. The van der Waals surface area contributed by atoms with Gasteiger partial charge in [-0.25, -0.2) is 19.2 Å². The lowest BCUT2D eigenvalue weighted by molar-refractivity contribution is -0.174. The van der Waals surface area contributed by atoms with Crippen molar-refractivity contribution in [3.63, 3.8) is 0 Å². The summed E-state index contributed by atoms with van der Waals surface area (Å²) in [4.78, 5) is 102. The lowest BCUT2D eigenvalue weighted by Gasteiger charge is -2.41. The number of fused-ring (bicyclic) bond motifs is 4. The molecule has 10 bridgehead atoms. The van der Waals surface area contributed by atoms with Crippen molar-refractivity contribution < 1.29 is 108 Å². The molecule has 9 aliphatic heterocycles. The zero-order valence-electron chi connectivity index (χ0n) is 82.7. The van der Waals surface area contributed by atoms with Crippen LogP contribution in [-0.2, 0) is 134 Å². The fraction of sp³-hybridized carbons (Fsp3) is 0.336. The van der Waals surface area contributed by atoms with Crippen molar-refractivity contribution in [3.05, 3.63) is 336 Å². The molecular weight excluding hydrogens is 1960 g/mol. The summed E-state index contributed by atoms with van der Waals surface area (Å²) in [5.74, 6) is 1.22. The molecule has 4 aliphatic carbocycles. The van der Waals surface area contributed by atoms with Crippen LogP contribution in [0.5, 0.6) is 23.0 Å². The lowest BCUT2D eigenvalue weighted by Crippen LogP contribution is -2.45. The van der Waals surface area contributed by atoms with Crippen molar-refractivity contribution >= 4 is 95.5 Å². The molecule has 756 valence electrons. The highest BCUT2D eigenvalue weighted by molar-refractivity contribution is 7.98. The summed E-state index contributed by atoms with van der Waals surface area (Å²) in [5.41, 5.74) is 7.68. The highest BCUT2D eigenvalue weighted by Crippen LogP contribution is 2.57. The van der Waals surface area contributed by atoms with Crippen LogP contribution < -0.4 is 18.9 Å². The fourth-order valence-corrected chi connectivity index (χ4v) is 34.3. The number of hydrogen-bond donors (Lipinski definition) is 0. The van der Waals surface area contributed by atoms with E-state index in [1.165, 1.54) is 53.9 Å². The van der Waals surface area contributed by atoms with E-state index < -0.39 is 75.9 Å². The van der Waals surface area contributed by atoms with Crippen LogP contribution >= 0.6 is 0 Å². The highest BCUT2D eigenvalue weighted by atomic mass is 32.2. The monoisotopic (exact) mass is 2070 g/mol. The van der Waals surface area contributed by atoms with Gasteiger partial charge < -0.3 is 61.6 Å². The molecule has 0 aromatic heterocycles. The van der Waals surface area contributed by atoms with Gasteiger partial charge in [-0.1, -0.05) is 146 Å². The Kier molecular flexibility index (Phi) is 29.5. The second kappa shape index (κ2) is 43.3. The average molecular weight is 2070 g/mol. The van der Waals surface area contributed by atoms with E-state index in [1.807, 2.05) is 104 Å². The Balaban J connectivity index is 0.000000115. The third-order valence-corrected chi connectivity index (χ3v) is 40.2. The maximum atomic E-state index is 12.9. The first-order chi connectivity index (χ1) is 71.3. The molecule has 12 aromatic rings. The zero-order chi connectivity index (χ0) is 102. The Morgan fingerprint density at radius 2 is 0.592 bits per heavy atom. The fourth-order valence-electron chi connectivity index (χ4n) is 23.6. The lowest BCUT2D eigenvalue weighted by atomic mass is 9.67. The van der Waals surface area contributed by atoms with Crippen molar-refractivity contribution in [1.82, 2.24) is 0 Å². The molecule has 4 saturated carbocycles. The third kappa shape index (κ3) is 21.1. The molecule has 20 unspecified atom stereocenters. The van der Waals surface area contributed by atoms with E-state index in [0.717, 1.165) is 87.9 Å². The first kappa shape index (κ1) is 100. The van der Waals surface area contributed by atoms with Gasteiger partial charge in [0.05, 0.1) is 73.5 Å². The molecular formula is C119H116O23S5+4. The minimum absolute atomic E-state index is 0.00586. The number of carbonyl (C=O) groups excluding carboxylic acids is 7. The number of aryl methyl sites for hydroxylation is 8. The molecule has 12 aromatic carbocycles. The molecule has 20 atom stereocenters. The third-order valence-electron chi connectivity index (χ3n) is 29.7. The minimum Gasteiger partial charge on any atom is -0.481 e. The van der Waals surface area contributed by atoms with E-state index in [0.29, 0.717) is 35.3 Å². The molecule has 0 radical (unpaired) electrons. The summed E-state index contributed by atoms with van der Waals surface area (Å²) in [6.45, 7) is 15.2. The van der Waals surface area contributed by atoms with E-state index in [4.69, 9.17) is 65.8 Å². The van der Waals surface area contributed by atoms with Gasteiger partial charge in [0.2, 0.25) is 0 Å². The van der Waals surface area contributed by atoms with Crippen LogP contribution in [0.2, 0.25) is 0 Å². The van der Waals surface area contributed by atoms with Gasteiger partial charge in [-0.15, -0.1) is 0 Å². The summed E-state index contributed by atoms with van der Waals surface area (Å²) in [6.07, 6.45) is 0.530. The quantitative estimate of drug-likeness (QED) is 0.0190. The Hall–Kier alpha value is -12.6. The predicted molar refractivity (Wildman–Crippen MR) is 551 cm³/mol. The van der Waals surface area contributed by atoms with E-state index in [9.17, 15) is 42.0 Å². The van der Waals surface area contributed by atoms with E-state index >= 15 is 0 Å². The standard InChI is InChI=1S/C32H33O5S.C30H29O5S.C29H27O6S.C28H27O7S2/c1-20-13-27(38(25-9-5-3-6-10-25)26-11-7-4-8-12-26)14-21(2)30(20)35-19-29(33)37-31-23-15-22-16-24(18-23)32(34)36-28(31)17-22;1-18-13-23(36(21-9-5-3-6-10-21)22-11-7-4-8-12-22)14-19(2)27(18)33-17-26(31)34-28-20-15-24-25(16-20)30(32)35-29(24)28;1-17-13-21(36(19-9-5-3-6-10-19)20-11-7-4-8-12-20)14-18(2)25(17)32-16-24(30)34-27-23-15-22-26(33-23)28(27)35-29(22)31;1-17-13-21(36(19-9-5-3-6-10-19)20-11-7-4-8-12-20)14-18(2)25(17)32-16-24(29)34-26-22-15-23-27(33-22)28(26)35-37(23,30)31/h3-14,22-24,28,31H,15-19H2,1-2H3;3-14,20,24-25,28-29H,15-17H2,1-2H3;3-14,22-23,26-28H,15-16H2,1-2H3;3-14,22-23,26-28H,15-16H2,1-2H3/q4*+1. The number of benzene rings is 12. The van der Waals surface area contributed by atoms with E-state index in [1.54, 1.807) is 0 Å². The molecule has 0 spiro atoms. The van der Waals surface area contributed by atoms with Gasteiger partial charge in [-0.05, 0) is 254 Å². The molecule has 23 nitrogen and oxygen atoms in total. The maximum Gasteiger partial charge on any atom is 0.344 e.